The maximum atomic E-state index is 12.5. The molecule has 132 valence electrons. The number of imidazole rings is 1. The van der Waals surface area contributed by atoms with E-state index in [4.69, 9.17) is 0 Å². The van der Waals surface area contributed by atoms with Gasteiger partial charge in [-0.25, -0.2) is 17.9 Å². The largest absolute Gasteiger partial charge is 0.328 e. The van der Waals surface area contributed by atoms with Crippen molar-refractivity contribution in [3.05, 3.63) is 40.3 Å². The van der Waals surface area contributed by atoms with Crippen LogP contribution >= 0.6 is 12.4 Å². The third-order valence-corrected chi connectivity index (χ3v) is 5.60. The number of fused-ring (bicyclic) bond motifs is 1. The van der Waals surface area contributed by atoms with Gasteiger partial charge in [-0.2, -0.15) is 0 Å². The van der Waals surface area contributed by atoms with Crippen LogP contribution in [0.25, 0.3) is 11.0 Å². The number of hydrogen-bond donors (Lipinski definition) is 2. The monoisotopic (exact) mass is 372 g/mol. The van der Waals surface area contributed by atoms with Gasteiger partial charge in [0.1, 0.15) is 0 Å². The van der Waals surface area contributed by atoms with Gasteiger partial charge in [-0.3, -0.25) is 9.13 Å². The van der Waals surface area contributed by atoms with Crippen LogP contribution in [-0.4, -0.2) is 37.2 Å². The van der Waals surface area contributed by atoms with Crippen molar-refractivity contribution in [2.45, 2.75) is 11.3 Å². The van der Waals surface area contributed by atoms with Crippen LogP contribution in [0.3, 0.4) is 0 Å². The molecule has 1 aliphatic heterocycles. The zero-order chi connectivity index (χ0) is 16.6. The predicted molar refractivity (Wildman–Crippen MR) is 96.2 cm³/mol. The molecule has 0 saturated heterocycles. The maximum absolute atomic E-state index is 12.5. The average Bonchev–Trinajstić information content (AvgIpc) is 2.78. The number of rotatable bonds is 4. The third-order valence-electron chi connectivity index (χ3n) is 4.20. The van der Waals surface area contributed by atoms with E-state index in [2.05, 4.69) is 10.0 Å². The number of halogens is 1. The van der Waals surface area contributed by atoms with E-state index < -0.39 is 10.0 Å². The van der Waals surface area contributed by atoms with E-state index in [-0.39, 0.29) is 23.0 Å². The van der Waals surface area contributed by atoms with Crippen LogP contribution in [0, 0.1) is 0 Å². The molecule has 1 aromatic carbocycles. The molecule has 0 fully saturated rings. The summed E-state index contributed by atoms with van der Waals surface area (Å²) in [5.74, 6) is 0. The molecule has 0 amide bonds. The zero-order valence-electron chi connectivity index (χ0n) is 13.6. The minimum atomic E-state index is -3.61. The molecule has 7 nitrogen and oxygen atoms in total. The Morgan fingerprint density at radius 3 is 2.58 bits per heavy atom. The van der Waals surface area contributed by atoms with E-state index in [9.17, 15) is 13.2 Å². The second kappa shape index (κ2) is 7.10. The van der Waals surface area contributed by atoms with Crippen LogP contribution in [0.1, 0.15) is 6.42 Å². The highest BCUT2D eigenvalue weighted by Gasteiger charge is 2.17. The van der Waals surface area contributed by atoms with Crippen molar-refractivity contribution in [3.8, 4) is 0 Å². The number of benzene rings is 1. The molecule has 3 rings (SSSR count). The molecule has 24 heavy (non-hydrogen) atoms. The van der Waals surface area contributed by atoms with Crippen LogP contribution < -0.4 is 15.7 Å². The van der Waals surface area contributed by atoms with Crippen LogP contribution in [0.5, 0.6) is 0 Å². The first-order valence-electron chi connectivity index (χ1n) is 7.44. The Morgan fingerprint density at radius 2 is 1.92 bits per heavy atom. The summed E-state index contributed by atoms with van der Waals surface area (Å²) >= 11 is 0. The zero-order valence-corrected chi connectivity index (χ0v) is 15.2. The molecule has 0 spiro atoms. The van der Waals surface area contributed by atoms with Crippen molar-refractivity contribution < 1.29 is 8.42 Å². The number of aryl methyl sites for hydroxylation is 2. The first-order valence-corrected chi connectivity index (χ1v) is 8.92. The minimum absolute atomic E-state index is 0. The molecule has 2 aromatic rings. The predicted octanol–water partition coefficient (Wildman–Crippen LogP) is 0.497. The Kier molecular flexibility index (Phi) is 5.54. The van der Waals surface area contributed by atoms with Gasteiger partial charge in [0.05, 0.1) is 15.9 Å². The first kappa shape index (κ1) is 18.7. The minimum Gasteiger partial charge on any atom is -0.313 e. The van der Waals surface area contributed by atoms with Gasteiger partial charge in [0.2, 0.25) is 10.0 Å². The topological polar surface area (TPSA) is 85.1 Å². The fourth-order valence-electron chi connectivity index (χ4n) is 2.75. The molecular weight excluding hydrogens is 352 g/mol. The summed E-state index contributed by atoms with van der Waals surface area (Å²) in [6.45, 7) is 1.95. The summed E-state index contributed by atoms with van der Waals surface area (Å²) in [6.07, 6.45) is 2.85. The molecule has 2 heterocycles. The molecule has 0 bridgehead atoms. The fraction of sp³-hybridized carbons (Fsp3) is 0.400. The Bertz CT molecular complexity index is 944. The second-order valence-electron chi connectivity index (χ2n) is 5.69. The van der Waals surface area contributed by atoms with Crippen LogP contribution in [0.15, 0.2) is 39.5 Å². The van der Waals surface area contributed by atoms with Crippen molar-refractivity contribution in [3.63, 3.8) is 0 Å². The van der Waals surface area contributed by atoms with Gasteiger partial charge in [-0.05, 0) is 31.2 Å². The fourth-order valence-corrected chi connectivity index (χ4v) is 3.81. The molecule has 0 unspecified atom stereocenters. The van der Waals surface area contributed by atoms with Gasteiger partial charge in [0.25, 0.3) is 0 Å². The standard InChI is InChI=1S/C15H20N4O3S.ClH/c1-18-13-4-3-12(9-14(13)19(2)15(18)20)23(21,22)17-10-11-5-7-16-8-6-11;/h3-5,9,16-17H,6-8,10H2,1-2H3;1H. The van der Waals surface area contributed by atoms with Crippen molar-refractivity contribution in [1.29, 1.82) is 0 Å². The second-order valence-corrected chi connectivity index (χ2v) is 7.46. The lowest BCUT2D eigenvalue weighted by Crippen LogP contribution is -2.29. The van der Waals surface area contributed by atoms with E-state index >= 15 is 0 Å². The van der Waals surface area contributed by atoms with E-state index in [0.29, 0.717) is 17.6 Å². The van der Waals surface area contributed by atoms with Gasteiger partial charge in [-0.1, -0.05) is 11.6 Å². The van der Waals surface area contributed by atoms with Crippen LogP contribution in [0.2, 0.25) is 0 Å². The maximum Gasteiger partial charge on any atom is 0.328 e. The SMILES string of the molecule is Cl.Cn1c(=O)n(C)c2cc(S(=O)(=O)NCC3=CCNCC3)ccc21. The Labute approximate surface area is 146 Å². The highest BCUT2D eigenvalue weighted by atomic mass is 35.5. The van der Waals surface area contributed by atoms with Crippen LogP contribution in [0.4, 0.5) is 0 Å². The van der Waals surface area contributed by atoms with Gasteiger partial charge in [0, 0.05) is 27.2 Å². The van der Waals surface area contributed by atoms with E-state index in [1.807, 2.05) is 6.08 Å². The molecule has 0 atom stereocenters. The van der Waals surface area contributed by atoms with Gasteiger partial charge < -0.3 is 5.32 Å². The summed E-state index contributed by atoms with van der Waals surface area (Å²) < 4.78 is 30.5. The molecule has 0 saturated carbocycles. The lowest BCUT2D eigenvalue weighted by atomic mass is 10.1. The van der Waals surface area contributed by atoms with Gasteiger partial charge >= 0.3 is 5.69 Å². The van der Waals surface area contributed by atoms with Gasteiger partial charge in [0.15, 0.2) is 0 Å². The Balaban J connectivity index is 0.00000208. The third kappa shape index (κ3) is 3.41. The normalized spacial score (nSPS) is 15.2. The number of nitrogens with one attached hydrogen (secondary N) is 2. The summed E-state index contributed by atoms with van der Waals surface area (Å²) in [5.41, 5.74) is 2.21. The molecular formula is C15H21ClN4O3S. The van der Waals surface area contributed by atoms with Crippen LogP contribution in [-0.2, 0) is 24.1 Å². The molecule has 0 radical (unpaired) electrons. The highest BCUT2D eigenvalue weighted by molar-refractivity contribution is 7.89. The molecule has 9 heteroatoms. The summed E-state index contributed by atoms with van der Waals surface area (Å²) in [5, 5.41) is 3.19. The number of sulfonamides is 1. The molecule has 1 aromatic heterocycles. The van der Waals surface area contributed by atoms with Crippen molar-refractivity contribution >= 4 is 33.5 Å². The van der Waals surface area contributed by atoms with Crippen molar-refractivity contribution in [1.82, 2.24) is 19.2 Å². The lowest BCUT2D eigenvalue weighted by Gasteiger charge is -2.14. The van der Waals surface area contributed by atoms with Gasteiger partial charge in [-0.15, -0.1) is 12.4 Å². The first-order chi connectivity index (χ1) is 10.9. The summed E-state index contributed by atoms with van der Waals surface area (Å²) in [6, 6.07) is 4.73. The van der Waals surface area contributed by atoms with E-state index in [0.717, 1.165) is 25.1 Å². The lowest BCUT2D eigenvalue weighted by molar-refractivity contribution is 0.582. The van der Waals surface area contributed by atoms with E-state index in [1.54, 1.807) is 20.2 Å². The quantitative estimate of drug-likeness (QED) is 0.765. The van der Waals surface area contributed by atoms with Crippen molar-refractivity contribution in [2.75, 3.05) is 19.6 Å². The van der Waals surface area contributed by atoms with Crippen molar-refractivity contribution in [2.24, 2.45) is 14.1 Å². The average molecular weight is 373 g/mol. The molecule has 2 N–H and O–H groups in total. The molecule has 0 aliphatic carbocycles. The Hall–Kier alpha value is -1.61. The number of hydrogen-bond acceptors (Lipinski definition) is 4. The smallest absolute Gasteiger partial charge is 0.313 e. The number of nitrogens with zero attached hydrogens (tertiary/aromatic N) is 2. The highest BCUT2D eigenvalue weighted by Crippen LogP contribution is 2.18. The Morgan fingerprint density at radius 1 is 1.21 bits per heavy atom. The summed E-state index contributed by atoms with van der Waals surface area (Å²) in [7, 11) is -0.307. The summed E-state index contributed by atoms with van der Waals surface area (Å²) in [4.78, 5) is 12.1. The molecule has 1 aliphatic rings. The number of aromatic nitrogens is 2. The van der Waals surface area contributed by atoms with E-state index in [1.165, 1.54) is 21.3 Å².